The van der Waals surface area contributed by atoms with E-state index in [9.17, 15) is 4.79 Å². The van der Waals surface area contributed by atoms with Crippen LogP contribution in [0.1, 0.15) is 39.6 Å². The third kappa shape index (κ3) is 4.08. The van der Waals surface area contributed by atoms with Crippen molar-refractivity contribution in [2.75, 3.05) is 11.9 Å². The highest BCUT2D eigenvalue weighted by Crippen LogP contribution is 2.45. The van der Waals surface area contributed by atoms with Gasteiger partial charge < -0.3 is 4.90 Å². The highest BCUT2D eigenvalue weighted by atomic mass is 79.9. The second-order valence-corrected chi connectivity index (χ2v) is 10.1. The van der Waals surface area contributed by atoms with Crippen LogP contribution >= 0.6 is 38.9 Å². The van der Waals surface area contributed by atoms with E-state index in [4.69, 9.17) is 11.6 Å². The number of hydrogen-bond acceptors (Lipinski definition) is 4. The Morgan fingerprint density at radius 2 is 1.91 bits per heavy atom. The number of H-pyrrole nitrogens is 2. The number of hydrogen-bond donors (Lipinski definition) is 2. The highest BCUT2D eigenvalue weighted by Gasteiger charge is 2.31. The SMILES string of the molecule is CN(Cc1ccccc1)c1nc(Cl)c(C2CC(c3ccc(Br)cc3)=Cc3[nH][nH]c(=O)c32)s1. The number of aromatic amines is 2. The Labute approximate surface area is 202 Å². The molecule has 5 nitrogen and oxygen atoms in total. The Bertz CT molecular complexity index is 1340. The first-order valence-electron chi connectivity index (χ1n) is 10.2. The summed E-state index contributed by atoms with van der Waals surface area (Å²) in [5.41, 5.74) is 4.87. The molecule has 8 heteroatoms. The Morgan fingerprint density at radius 1 is 1.16 bits per heavy atom. The lowest BCUT2D eigenvalue weighted by Crippen LogP contribution is -2.16. The summed E-state index contributed by atoms with van der Waals surface area (Å²) in [6, 6.07) is 18.5. The zero-order valence-electron chi connectivity index (χ0n) is 17.2. The van der Waals surface area contributed by atoms with Crippen molar-refractivity contribution in [1.82, 2.24) is 15.2 Å². The lowest BCUT2D eigenvalue weighted by Gasteiger charge is -2.22. The van der Waals surface area contributed by atoms with Crippen LogP contribution in [0.25, 0.3) is 11.6 Å². The van der Waals surface area contributed by atoms with Gasteiger partial charge >= 0.3 is 0 Å². The molecule has 0 spiro atoms. The molecule has 2 aromatic heterocycles. The number of fused-ring (bicyclic) bond motifs is 1. The molecular weight excluding hydrogens is 508 g/mol. The summed E-state index contributed by atoms with van der Waals surface area (Å²) in [5.74, 6) is -0.160. The van der Waals surface area contributed by atoms with E-state index in [1.807, 2.05) is 43.5 Å². The van der Waals surface area contributed by atoms with Gasteiger partial charge in [-0.05, 0) is 41.3 Å². The van der Waals surface area contributed by atoms with Crippen LogP contribution in [-0.2, 0) is 6.54 Å². The second-order valence-electron chi connectivity index (χ2n) is 7.83. The average Bonchev–Trinajstić information content (AvgIpc) is 3.37. The predicted molar refractivity (Wildman–Crippen MR) is 136 cm³/mol. The minimum absolute atomic E-state index is 0.111. The van der Waals surface area contributed by atoms with Crippen molar-refractivity contribution >= 4 is 55.6 Å². The van der Waals surface area contributed by atoms with Crippen molar-refractivity contribution in [2.24, 2.45) is 0 Å². The van der Waals surface area contributed by atoms with Crippen LogP contribution in [-0.4, -0.2) is 22.2 Å². The summed E-state index contributed by atoms with van der Waals surface area (Å²) in [6.07, 6.45) is 2.73. The molecule has 5 rings (SSSR count). The molecular formula is C24H20BrClN4OS. The van der Waals surface area contributed by atoms with E-state index < -0.39 is 0 Å². The van der Waals surface area contributed by atoms with Crippen molar-refractivity contribution in [2.45, 2.75) is 18.9 Å². The first kappa shape index (κ1) is 21.2. The fourth-order valence-electron chi connectivity index (χ4n) is 4.09. The van der Waals surface area contributed by atoms with E-state index in [1.165, 1.54) is 5.56 Å². The molecule has 1 atom stereocenters. The molecule has 0 bridgehead atoms. The van der Waals surface area contributed by atoms with Crippen molar-refractivity contribution in [3.8, 4) is 0 Å². The van der Waals surface area contributed by atoms with E-state index in [2.05, 4.69) is 60.3 Å². The molecule has 2 N–H and O–H groups in total. The average molecular weight is 528 g/mol. The zero-order valence-corrected chi connectivity index (χ0v) is 20.4. The van der Waals surface area contributed by atoms with Gasteiger partial charge in [0.2, 0.25) is 0 Å². The van der Waals surface area contributed by atoms with Gasteiger partial charge in [0, 0.05) is 24.0 Å². The molecule has 1 unspecified atom stereocenters. The molecule has 32 heavy (non-hydrogen) atoms. The van der Waals surface area contributed by atoms with Crippen molar-refractivity contribution in [3.05, 3.63) is 102 Å². The fourth-order valence-corrected chi connectivity index (χ4v) is 5.76. The number of nitrogens with zero attached hydrogens (tertiary/aromatic N) is 2. The van der Waals surface area contributed by atoms with Gasteiger partial charge in [-0.15, -0.1) is 0 Å². The Balaban J connectivity index is 1.50. The lowest BCUT2D eigenvalue weighted by atomic mass is 9.83. The largest absolute Gasteiger partial charge is 0.347 e. The molecule has 4 aromatic rings. The second kappa shape index (κ2) is 8.73. The summed E-state index contributed by atoms with van der Waals surface area (Å²) >= 11 is 11.7. The van der Waals surface area contributed by atoms with Gasteiger partial charge in [-0.1, -0.05) is 81.3 Å². The van der Waals surface area contributed by atoms with Gasteiger partial charge in [0.15, 0.2) is 5.13 Å². The van der Waals surface area contributed by atoms with E-state index in [1.54, 1.807) is 11.3 Å². The van der Waals surface area contributed by atoms with Crippen LogP contribution in [0.3, 0.4) is 0 Å². The molecule has 0 saturated heterocycles. The van der Waals surface area contributed by atoms with Gasteiger partial charge in [0.1, 0.15) is 5.15 Å². The van der Waals surface area contributed by atoms with Gasteiger partial charge in [0.25, 0.3) is 5.56 Å². The van der Waals surface area contributed by atoms with Crippen molar-refractivity contribution in [1.29, 1.82) is 0 Å². The number of allylic oxidation sites excluding steroid dienone is 1. The molecule has 0 aliphatic heterocycles. The fraction of sp³-hybridized carbons (Fsp3) is 0.167. The summed E-state index contributed by atoms with van der Waals surface area (Å²) in [7, 11) is 2.01. The number of nitrogens with one attached hydrogen (secondary N) is 2. The number of rotatable bonds is 5. The number of benzene rings is 2. The first-order valence-corrected chi connectivity index (χ1v) is 12.2. The highest BCUT2D eigenvalue weighted by molar-refractivity contribution is 9.10. The van der Waals surface area contributed by atoms with E-state index >= 15 is 0 Å². The molecule has 1 aliphatic rings. The van der Waals surface area contributed by atoms with E-state index in [0.29, 0.717) is 17.1 Å². The third-order valence-corrected chi connectivity index (χ3v) is 7.87. The van der Waals surface area contributed by atoms with Gasteiger partial charge in [-0.3, -0.25) is 15.0 Å². The maximum absolute atomic E-state index is 12.6. The minimum Gasteiger partial charge on any atom is -0.347 e. The standard InChI is InChI=1S/C24H20BrClN4OS/c1-30(13-14-5-3-2-4-6-14)24-27-22(26)21(32-24)18-11-16(15-7-9-17(25)10-8-15)12-19-20(18)23(31)29-28-19/h2-10,12,18H,11,13H2,1H3,(H2,28,29,31). The van der Waals surface area contributed by atoms with Crippen LogP contribution < -0.4 is 10.5 Å². The summed E-state index contributed by atoms with van der Waals surface area (Å²) in [6.45, 7) is 0.731. The Morgan fingerprint density at radius 3 is 2.66 bits per heavy atom. The van der Waals surface area contributed by atoms with Gasteiger partial charge in [-0.2, -0.15) is 0 Å². The zero-order chi connectivity index (χ0) is 22.2. The molecule has 2 heterocycles. The van der Waals surface area contributed by atoms with Crippen LogP contribution in [0, 0.1) is 0 Å². The Hall–Kier alpha value is -2.61. The van der Waals surface area contributed by atoms with Crippen LogP contribution in [0.2, 0.25) is 5.15 Å². The van der Waals surface area contributed by atoms with Crippen molar-refractivity contribution < 1.29 is 0 Å². The lowest BCUT2D eigenvalue weighted by molar-refractivity contribution is 0.840. The topological polar surface area (TPSA) is 64.8 Å². The minimum atomic E-state index is -0.160. The van der Waals surface area contributed by atoms with Gasteiger partial charge in [-0.25, -0.2) is 4.98 Å². The smallest absolute Gasteiger partial charge is 0.268 e. The molecule has 0 amide bonds. The number of thiazole rings is 1. The number of anilines is 1. The van der Waals surface area contributed by atoms with Crippen LogP contribution in [0.4, 0.5) is 5.13 Å². The summed E-state index contributed by atoms with van der Waals surface area (Å²) in [5, 5.41) is 7.06. The summed E-state index contributed by atoms with van der Waals surface area (Å²) < 4.78 is 1.03. The normalized spacial score (nSPS) is 15.3. The number of aromatic nitrogens is 3. The quantitative estimate of drug-likeness (QED) is 0.321. The molecule has 162 valence electrons. The first-order chi connectivity index (χ1) is 15.5. The maximum Gasteiger partial charge on any atom is 0.268 e. The molecule has 0 radical (unpaired) electrons. The monoisotopic (exact) mass is 526 g/mol. The maximum atomic E-state index is 12.6. The van der Waals surface area contributed by atoms with Crippen LogP contribution in [0.15, 0.2) is 63.9 Å². The van der Waals surface area contributed by atoms with E-state index in [0.717, 1.165) is 37.9 Å². The van der Waals surface area contributed by atoms with E-state index in [-0.39, 0.29) is 11.5 Å². The summed E-state index contributed by atoms with van der Waals surface area (Å²) in [4.78, 5) is 20.3. The third-order valence-electron chi connectivity index (χ3n) is 5.66. The predicted octanol–water partition coefficient (Wildman–Crippen LogP) is 6.29. The molecule has 0 fully saturated rings. The molecule has 2 aromatic carbocycles. The van der Waals surface area contributed by atoms with Crippen LogP contribution in [0.5, 0.6) is 0 Å². The number of halogens is 2. The molecule has 0 saturated carbocycles. The Kier molecular flexibility index (Phi) is 5.80. The van der Waals surface area contributed by atoms with Crippen molar-refractivity contribution in [3.63, 3.8) is 0 Å². The van der Waals surface area contributed by atoms with Gasteiger partial charge in [0.05, 0.1) is 16.1 Å². The molecule has 1 aliphatic carbocycles.